The number of H-pyrrole nitrogens is 1. The van der Waals surface area contributed by atoms with Crippen molar-refractivity contribution < 1.29 is 9.15 Å². The number of rotatable bonds is 7. The first-order valence-corrected chi connectivity index (χ1v) is 10.9. The Labute approximate surface area is 196 Å². The number of furan rings is 1. The van der Waals surface area contributed by atoms with Crippen LogP contribution in [0, 0.1) is 13.8 Å². The summed E-state index contributed by atoms with van der Waals surface area (Å²) in [5.74, 6) is 1.43. The molecule has 0 unspecified atom stereocenters. The van der Waals surface area contributed by atoms with Crippen LogP contribution in [0.3, 0.4) is 0 Å². The van der Waals surface area contributed by atoms with E-state index in [1.165, 1.54) is 0 Å². The van der Waals surface area contributed by atoms with Gasteiger partial charge in [-0.3, -0.25) is 5.10 Å². The minimum atomic E-state index is -0.203. The van der Waals surface area contributed by atoms with E-state index in [2.05, 4.69) is 20.2 Å². The molecule has 0 amide bonds. The lowest BCUT2D eigenvalue weighted by molar-refractivity contribution is 0.288. The summed E-state index contributed by atoms with van der Waals surface area (Å²) < 4.78 is 11.5. The van der Waals surface area contributed by atoms with Gasteiger partial charge in [0, 0.05) is 17.2 Å². The van der Waals surface area contributed by atoms with Gasteiger partial charge in [-0.2, -0.15) is 5.10 Å². The molecule has 1 aromatic carbocycles. The Morgan fingerprint density at radius 3 is 2.68 bits per heavy atom. The van der Waals surface area contributed by atoms with Crippen molar-refractivity contribution in [2.45, 2.75) is 26.3 Å². The number of pyridine rings is 1. The molecule has 4 aromatic heterocycles. The molecule has 0 aliphatic heterocycles. The zero-order valence-electron chi connectivity index (χ0n) is 18.9. The number of aryl methyl sites for hydroxylation is 2. The molecule has 4 heterocycles. The Hall–Kier alpha value is -4.24. The predicted octanol–water partition coefficient (Wildman–Crippen LogP) is 3.82. The number of nitrogens with zero attached hydrogens (tertiary/aromatic N) is 4. The number of nitrogens with two attached hydrogens (primary N) is 2. The van der Waals surface area contributed by atoms with Gasteiger partial charge in [0.2, 0.25) is 0 Å². The molecule has 0 fully saturated rings. The molecule has 0 bridgehead atoms. The van der Waals surface area contributed by atoms with Gasteiger partial charge in [-0.05, 0) is 38.0 Å². The molecule has 9 nitrogen and oxygen atoms in total. The van der Waals surface area contributed by atoms with Crippen molar-refractivity contribution >= 4 is 17.0 Å². The van der Waals surface area contributed by atoms with E-state index < -0.39 is 0 Å². The van der Waals surface area contributed by atoms with E-state index in [0.29, 0.717) is 34.7 Å². The van der Waals surface area contributed by atoms with Crippen molar-refractivity contribution in [2.24, 2.45) is 5.73 Å². The van der Waals surface area contributed by atoms with Gasteiger partial charge in [-0.1, -0.05) is 30.3 Å². The van der Waals surface area contributed by atoms with Gasteiger partial charge < -0.3 is 20.6 Å². The minimum Gasteiger partial charge on any atom is -0.488 e. The molecule has 34 heavy (non-hydrogen) atoms. The average Bonchev–Trinajstić information content (AvgIpc) is 3.43. The number of fused-ring (bicyclic) bond motifs is 1. The zero-order chi connectivity index (χ0) is 23.7. The Kier molecular flexibility index (Phi) is 5.69. The summed E-state index contributed by atoms with van der Waals surface area (Å²) in [5, 5.41) is 7.08. The van der Waals surface area contributed by atoms with Crippen LogP contribution in [-0.4, -0.2) is 37.8 Å². The molecule has 1 atom stereocenters. The van der Waals surface area contributed by atoms with Crippen LogP contribution in [0.15, 0.2) is 59.3 Å². The number of benzene rings is 1. The summed E-state index contributed by atoms with van der Waals surface area (Å²) in [6.07, 6.45) is 3.98. The maximum Gasteiger partial charge on any atom is 0.199 e. The van der Waals surface area contributed by atoms with E-state index in [9.17, 15) is 0 Å². The molecule has 5 aromatic rings. The van der Waals surface area contributed by atoms with Crippen molar-refractivity contribution in [3.05, 3.63) is 71.9 Å². The van der Waals surface area contributed by atoms with Crippen molar-refractivity contribution in [1.29, 1.82) is 0 Å². The van der Waals surface area contributed by atoms with Crippen molar-refractivity contribution in [3.63, 3.8) is 0 Å². The quantitative estimate of drug-likeness (QED) is 0.336. The maximum atomic E-state index is 6.32. The van der Waals surface area contributed by atoms with Gasteiger partial charge in [0.1, 0.15) is 17.9 Å². The fourth-order valence-corrected chi connectivity index (χ4v) is 3.86. The first kappa shape index (κ1) is 21.6. The molecule has 0 aliphatic rings. The monoisotopic (exact) mass is 455 g/mol. The smallest absolute Gasteiger partial charge is 0.199 e. The molecule has 172 valence electrons. The molecular weight excluding hydrogens is 430 g/mol. The van der Waals surface area contributed by atoms with E-state index >= 15 is 0 Å². The Morgan fingerprint density at radius 1 is 1.09 bits per heavy atom. The van der Waals surface area contributed by atoms with Gasteiger partial charge in [0.05, 0.1) is 29.5 Å². The lowest BCUT2D eigenvalue weighted by Gasteiger charge is -2.17. The van der Waals surface area contributed by atoms with Crippen LogP contribution in [-0.2, 0) is 6.42 Å². The second kappa shape index (κ2) is 8.95. The number of nitrogens with one attached hydrogen (secondary N) is 1. The molecular formula is C25H25N7O2. The van der Waals surface area contributed by atoms with Gasteiger partial charge in [0.25, 0.3) is 0 Å². The molecule has 5 N–H and O–H groups in total. The lowest BCUT2D eigenvalue weighted by Crippen LogP contribution is -2.30. The highest BCUT2D eigenvalue weighted by molar-refractivity contribution is 5.85. The predicted molar refractivity (Wildman–Crippen MR) is 130 cm³/mol. The summed E-state index contributed by atoms with van der Waals surface area (Å²) >= 11 is 0. The summed E-state index contributed by atoms with van der Waals surface area (Å²) in [7, 11) is 0. The SMILES string of the molecule is Cc1occc1-c1nc(N)c(OC[C@H](N)Cc2ccccc2)cc1-c1cnc2n[nH]c(C)c2n1. The molecule has 0 spiro atoms. The third-order valence-electron chi connectivity index (χ3n) is 5.64. The van der Waals surface area contributed by atoms with Crippen LogP contribution >= 0.6 is 0 Å². The average molecular weight is 456 g/mol. The van der Waals surface area contributed by atoms with Crippen LogP contribution < -0.4 is 16.2 Å². The summed E-state index contributed by atoms with van der Waals surface area (Å²) in [6.45, 7) is 4.06. The summed E-state index contributed by atoms with van der Waals surface area (Å²) in [5.41, 5.74) is 18.6. The van der Waals surface area contributed by atoms with Crippen LogP contribution in [0.25, 0.3) is 33.7 Å². The van der Waals surface area contributed by atoms with Crippen molar-refractivity contribution in [2.75, 3.05) is 12.3 Å². The fourth-order valence-electron chi connectivity index (χ4n) is 3.86. The molecule has 9 heteroatoms. The maximum absolute atomic E-state index is 6.32. The van der Waals surface area contributed by atoms with E-state index in [0.717, 1.165) is 28.1 Å². The number of ether oxygens (including phenoxy) is 1. The Morgan fingerprint density at radius 2 is 1.91 bits per heavy atom. The molecule has 0 aliphatic carbocycles. The first-order valence-electron chi connectivity index (χ1n) is 10.9. The number of nitrogen functional groups attached to an aromatic ring is 1. The third-order valence-corrected chi connectivity index (χ3v) is 5.64. The van der Waals surface area contributed by atoms with Gasteiger partial charge >= 0.3 is 0 Å². The first-order chi connectivity index (χ1) is 16.5. The third kappa shape index (κ3) is 4.20. The number of aromatic amines is 1. The topological polar surface area (TPSA) is 142 Å². The van der Waals surface area contributed by atoms with E-state index in [1.807, 2.05) is 56.3 Å². The largest absolute Gasteiger partial charge is 0.488 e. The zero-order valence-corrected chi connectivity index (χ0v) is 18.9. The van der Waals surface area contributed by atoms with Crippen molar-refractivity contribution in [3.8, 4) is 28.3 Å². The van der Waals surface area contributed by atoms with Gasteiger partial charge in [-0.15, -0.1) is 0 Å². The van der Waals surface area contributed by atoms with Crippen molar-refractivity contribution in [1.82, 2.24) is 25.1 Å². The van der Waals surface area contributed by atoms with E-state index in [1.54, 1.807) is 12.5 Å². The highest BCUT2D eigenvalue weighted by Crippen LogP contribution is 2.37. The molecule has 5 rings (SSSR count). The van der Waals surface area contributed by atoms with Crippen LogP contribution in [0.4, 0.5) is 5.82 Å². The van der Waals surface area contributed by atoms with Gasteiger partial charge in [-0.25, -0.2) is 15.0 Å². The Balaban J connectivity index is 1.51. The van der Waals surface area contributed by atoms with Crippen LogP contribution in [0.1, 0.15) is 17.0 Å². The number of anilines is 1. The molecule has 0 saturated carbocycles. The second-order valence-corrected chi connectivity index (χ2v) is 8.20. The normalized spacial score (nSPS) is 12.2. The highest BCUT2D eigenvalue weighted by Gasteiger charge is 2.20. The van der Waals surface area contributed by atoms with Crippen LogP contribution in [0.5, 0.6) is 5.75 Å². The summed E-state index contributed by atoms with van der Waals surface area (Å²) in [4.78, 5) is 13.9. The number of hydrogen-bond donors (Lipinski definition) is 3. The molecule has 0 saturated heterocycles. The lowest BCUT2D eigenvalue weighted by atomic mass is 10.0. The standard InChI is InChI=1S/C25H25N7O2/c1-14-22-25(32-31-14)28-12-20(29-22)19-11-21(24(27)30-23(19)18-8-9-33-15(18)2)34-13-17(26)10-16-6-4-3-5-7-16/h3-9,11-12,17H,10,13,26H2,1-2H3,(H2,27,30)(H,28,31,32)/t17-/m1/s1. The fraction of sp³-hybridized carbons (Fsp3) is 0.200. The second-order valence-electron chi connectivity index (χ2n) is 8.20. The minimum absolute atomic E-state index is 0.203. The number of hydrogen-bond acceptors (Lipinski definition) is 8. The number of aromatic nitrogens is 5. The van der Waals surface area contributed by atoms with Gasteiger partial charge in [0.15, 0.2) is 17.2 Å². The van der Waals surface area contributed by atoms with Crippen LogP contribution in [0.2, 0.25) is 0 Å². The highest BCUT2D eigenvalue weighted by atomic mass is 16.5. The molecule has 0 radical (unpaired) electrons. The van der Waals surface area contributed by atoms with E-state index in [-0.39, 0.29) is 18.5 Å². The summed E-state index contributed by atoms with van der Waals surface area (Å²) in [6, 6.07) is 13.5. The van der Waals surface area contributed by atoms with E-state index in [4.69, 9.17) is 25.6 Å². The Bertz CT molecular complexity index is 1440.